The summed E-state index contributed by atoms with van der Waals surface area (Å²) >= 11 is 0. The van der Waals surface area contributed by atoms with E-state index in [1.54, 1.807) is 42.5 Å². The van der Waals surface area contributed by atoms with Gasteiger partial charge >= 0.3 is 0 Å². The average Bonchev–Trinajstić information content (AvgIpc) is 2.83. The summed E-state index contributed by atoms with van der Waals surface area (Å²) < 4.78 is 16.4. The number of phenolic OH excluding ortho intramolecular Hbond substituents is 1. The minimum Gasteiger partial charge on any atom is -0.504 e. The number of rotatable bonds is 4. The number of fused-ring (bicyclic) bond motifs is 2. The molecule has 0 spiro atoms. The Kier molecular flexibility index (Phi) is 4.89. The first-order valence-corrected chi connectivity index (χ1v) is 10.1. The maximum absolute atomic E-state index is 13.6. The second-order valence-corrected chi connectivity index (χ2v) is 7.44. The second kappa shape index (κ2) is 7.90. The van der Waals surface area contributed by atoms with Crippen LogP contribution in [0.1, 0.15) is 22.1 Å². The Morgan fingerprint density at radius 2 is 1.88 bits per heavy atom. The van der Waals surface area contributed by atoms with Gasteiger partial charge in [-0.2, -0.15) is 0 Å². The Balaban J connectivity index is 1.71. The molecule has 1 amide bonds. The highest BCUT2D eigenvalue weighted by Crippen LogP contribution is 2.44. The first-order chi connectivity index (χ1) is 16.0. The molecule has 2 aliphatic rings. The Morgan fingerprint density at radius 3 is 2.64 bits per heavy atom. The molecule has 0 saturated carbocycles. The Hall–Kier alpha value is -4.47. The molecule has 3 aromatic carbocycles. The highest BCUT2D eigenvalue weighted by atomic mass is 16.6. The molecular weight excluding hydrogens is 430 g/mol. The highest BCUT2D eigenvalue weighted by molar-refractivity contribution is 6.12. The van der Waals surface area contributed by atoms with Gasteiger partial charge in [0, 0.05) is 11.8 Å². The third-order valence-corrected chi connectivity index (χ3v) is 5.55. The number of methoxy groups -OCH3 is 1. The van der Waals surface area contributed by atoms with E-state index < -0.39 is 11.1 Å². The molecule has 2 heterocycles. The van der Waals surface area contributed by atoms with Gasteiger partial charge in [0.05, 0.1) is 34.9 Å². The zero-order chi connectivity index (χ0) is 23.1. The Morgan fingerprint density at radius 1 is 1.12 bits per heavy atom. The van der Waals surface area contributed by atoms with Crippen LogP contribution >= 0.6 is 0 Å². The summed E-state index contributed by atoms with van der Waals surface area (Å²) in [6.45, 7) is 0.793. The molecule has 0 bridgehead atoms. The fourth-order valence-corrected chi connectivity index (χ4v) is 4.03. The number of nitro groups is 1. The minimum atomic E-state index is -0.968. The summed E-state index contributed by atoms with van der Waals surface area (Å²) in [5.74, 6) is 0.346. The normalized spacial score (nSPS) is 16.6. The van der Waals surface area contributed by atoms with Crippen molar-refractivity contribution in [2.45, 2.75) is 6.17 Å². The van der Waals surface area contributed by atoms with E-state index >= 15 is 0 Å². The van der Waals surface area contributed by atoms with Gasteiger partial charge in [0.15, 0.2) is 23.0 Å². The lowest BCUT2D eigenvalue weighted by molar-refractivity contribution is -0.385. The molecule has 33 heavy (non-hydrogen) atoms. The largest absolute Gasteiger partial charge is 0.504 e. The van der Waals surface area contributed by atoms with Crippen molar-refractivity contribution < 1.29 is 29.0 Å². The number of nitrogens with zero attached hydrogens (tertiary/aromatic N) is 2. The molecule has 0 radical (unpaired) electrons. The third-order valence-electron chi connectivity index (χ3n) is 5.55. The summed E-state index contributed by atoms with van der Waals surface area (Å²) in [7, 11) is 1.35. The number of anilines is 2. The molecule has 0 aliphatic carbocycles. The number of ether oxygens (including phenoxy) is 3. The fraction of sp³-hybridized carbons (Fsp3) is 0.174. The quantitative estimate of drug-likeness (QED) is 0.455. The van der Waals surface area contributed by atoms with Crippen LogP contribution in [0.3, 0.4) is 0 Å². The van der Waals surface area contributed by atoms with E-state index in [-0.39, 0.29) is 28.7 Å². The van der Waals surface area contributed by atoms with Crippen LogP contribution in [0.15, 0.2) is 54.6 Å². The number of nitro benzene ring substituents is 1. The molecular formula is C23H19N3O7. The van der Waals surface area contributed by atoms with Gasteiger partial charge in [-0.15, -0.1) is 0 Å². The molecule has 3 aromatic rings. The molecule has 168 valence electrons. The smallest absolute Gasteiger partial charge is 0.280 e. The fourth-order valence-electron chi connectivity index (χ4n) is 4.03. The zero-order valence-corrected chi connectivity index (χ0v) is 17.5. The summed E-state index contributed by atoms with van der Waals surface area (Å²) in [5.41, 5.74) is 1.19. The number of carbonyl (C=O) groups is 1. The highest BCUT2D eigenvalue weighted by Gasteiger charge is 2.38. The van der Waals surface area contributed by atoms with Crippen LogP contribution in [0, 0.1) is 10.1 Å². The predicted molar refractivity (Wildman–Crippen MR) is 118 cm³/mol. The van der Waals surface area contributed by atoms with Crippen molar-refractivity contribution in [3.8, 4) is 23.0 Å². The van der Waals surface area contributed by atoms with E-state index in [9.17, 15) is 20.0 Å². The monoisotopic (exact) mass is 449 g/mol. The summed E-state index contributed by atoms with van der Waals surface area (Å²) in [6.07, 6.45) is -0.968. The Labute approximate surface area is 188 Å². The minimum absolute atomic E-state index is 0.0471. The maximum atomic E-state index is 13.6. The molecule has 10 heteroatoms. The predicted octanol–water partition coefficient (Wildman–Crippen LogP) is 3.85. The molecule has 1 atom stereocenters. The van der Waals surface area contributed by atoms with Crippen molar-refractivity contribution in [1.82, 2.24) is 0 Å². The van der Waals surface area contributed by atoms with E-state index in [4.69, 9.17) is 14.2 Å². The van der Waals surface area contributed by atoms with Crippen molar-refractivity contribution in [3.63, 3.8) is 0 Å². The molecule has 0 aromatic heterocycles. The van der Waals surface area contributed by atoms with E-state index in [0.717, 1.165) is 6.07 Å². The number of hydrogen-bond donors (Lipinski definition) is 2. The molecule has 0 saturated heterocycles. The van der Waals surface area contributed by atoms with Gasteiger partial charge in [-0.25, -0.2) is 0 Å². The van der Waals surface area contributed by atoms with Gasteiger partial charge in [0.1, 0.15) is 19.4 Å². The number of phenols is 1. The number of nitrogens with one attached hydrogen (secondary N) is 1. The summed E-state index contributed by atoms with van der Waals surface area (Å²) in [5, 5.41) is 25.2. The zero-order valence-electron chi connectivity index (χ0n) is 17.5. The van der Waals surface area contributed by atoms with Gasteiger partial charge in [0.25, 0.3) is 11.6 Å². The van der Waals surface area contributed by atoms with Crippen molar-refractivity contribution in [1.29, 1.82) is 0 Å². The van der Waals surface area contributed by atoms with Crippen molar-refractivity contribution in [2.24, 2.45) is 0 Å². The van der Waals surface area contributed by atoms with E-state index in [1.807, 2.05) is 0 Å². The number of carbonyl (C=O) groups excluding carboxylic acids is 1. The molecule has 1 unspecified atom stereocenters. The van der Waals surface area contributed by atoms with Crippen molar-refractivity contribution >= 4 is 23.0 Å². The van der Waals surface area contributed by atoms with Crippen molar-refractivity contribution in [3.05, 3.63) is 75.8 Å². The lowest BCUT2D eigenvalue weighted by atomic mass is 10.0. The lowest BCUT2D eigenvalue weighted by Gasteiger charge is -2.38. The van der Waals surface area contributed by atoms with Crippen LogP contribution in [-0.2, 0) is 0 Å². The van der Waals surface area contributed by atoms with Crippen LogP contribution in [0.25, 0.3) is 0 Å². The molecule has 0 fully saturated rings. The maximum Gasteiger partial charge on any atom is 0.280 e. The van der Waals surface area contributed by atoms with Gasteiger partial charge < -0.3 is 24.6 Å². The van der Waals surface area contributed by atoms with Crippen LogP contribution in [-0.4, -0.2) is 36.3 Å². The Bertz CT molecular complexity index is 1280. The lowest BCUT2D eigenvalue weighted by Crippen LogP contribution is -2.43. The molecule has 5 rings (SSSR count). The standard InChI is InChI=1S/C23H19N3O7/c1-31-20-11-15(17(26(29)30)12-18(20)27)22-24-16-5-3-2-4-14(16)23(28)25(22)13-6-7-19-21(10-13)33-9-8-32-19/h2-7,10-12,22,24,27H,8-9H2,1H3. The second-order valence-electron chi connectivity index (χ2n) is 7.44. The molecule has 2 aliphatic heterocycles. The summed E-state index contributed by atoms with van der Waals surface area (Å²) in [4.78, 5) is 26.3. The van der Waals surface area contributed by atoms with Crippen LogP contribution in [0.4, 0.5) is 17.1 Å². The SMILES string of the molecule is COc1cc(C2Nc3ccccc3C(=O)N2c2ccc3c(c2)OCCO3)c([N+](=O)[O-])cc1O. The third kappa shape index (κ3) is 3.41. The topological polar surface area (TPSA) is 123 Å². The number of benzene rings is 3. The molecule has 10 nitrogen and oxygen atoms in total. The first-order valence-electron chi connectivity index (χ1n) is 10.1. The van der Waals surface area contributed by atoms with Crippen LogP contribution in [0.5, 0.6) is 23.0 Å². The van der Waals surface area contributed by atoms with Gasteiger partial charge in [0.2, 0.25) is 0 Å². The van der Waals surface area contributed by atoms with E-state index in [0.29, 0.717) is 41.7 Å². The van der Waals surface area contributed by atoms with Gasteiger partial charge in [-0.1, -0.05) is 12.1 Å². The average molecular weight is 449 g/mol. The van der Waals surface area contributed by atoms with E-state index in [2.05, 4.69) is 5.32 Å². The number of aromatic hydroxyl groups is 1. The molecule has 2 N–H and O–H groups in total. The first kappa shape index (κ1) is 20.4. The van der Waals surface area contributed by atoms with Gasteiger partial charge in [-0.3, -0.25) is 19.8 Å². The number of hydrogen-bond acceptors (Lipinski definition) is 8. The van der Waals surface area contributed by atoms with Crippen LogP contribution < -0.4 is 24.4 Å². The van der Waals surface area contributed by atoms with E-state index in [1.165, 1.54) is 18.1 Å². The van der Waals surface area contributed by atoms with Gasteiger partial charge in [-0.05, 0) is 30.3 Å². The number of para-hydroxylation sites is 1. The van der Waals surface area contributed by atoms with Crippen LogP contribution in [0.2, 0.25) is 0 Å². The number of amides is 1. The van der Waals surface area contributed by atoms with Crippen molar-refractivity contribution in [2.75, 3.05) is 30.5 Å². The summed E-state index contributed by atoms with van der Waals surface area (Å²) in [6, 6.07) is 14.3.